The van der Waals surface area contributed by atoms with Crippen LogP contribution in [0.2, 0.25) is 0 Å². The van der Waals surface area contributed by atoms with E-state index in [1.807, 2.05) is 20.8 Å². The van der Waals surface area contributed by atoms with E-state index in [2.05, 4.69) is 0 Å². The molecular weight excluding hydrogens is 144 g/mol. The van der Waals surface area contributed by atoms with Crippen LogP contribution >= 0.6 is 10.7 Å². The largest absolute Gasteiger partial charge is 0.242 e. The Morgan fingerprint density at radius 1 is 1.38 bits per heavy atom. The van der Waals surface area contributed by atoms with Crippen LogP contribution in [-0.2, 0) is 10.0 Å². The quantitative estimate of drug-likeness (QED) is 0.556. The lowest BCUT2D eigenvalue weighted by Crippen LogP contribution is -2.12. The van der Waals surface area contributed by atoms with Crippen molar-refractivity contribution in [2.45, 2.75) is 26.0 Å². The monoisotopic (exact) mass is 154 g/mol. The maximum Gasteiger partial charge on any atom is 0.118 e. The standard InChI is InChI=1S/C5H11ClOS/c1-4(2)5(3)8(6)7/h4-5H,1-3H3. The van der Waals surface area contributed by atoms with Crippen molar-refractivity contribution in [3.63, 3.8) is 0 Å². The summed E-state index contributed by atoms with van der Waals surface area (Å²) in [5, 5.41) is 0.108. The first-order valence-corrected chi connectivity index (χ1v) is 4.66. The van der Waals surface area contributed by atoms with E-state index in [1.165, 1.54) is 0 Å². The Morgan fingerprint density at radius 2 is 1.75 bits per heavy atom. The second-order valence-corrected chi connectivity index (χ2v) is 4.35. The molecule has 0 rings (SSSR count). The topological polar surface area (TPSA) is 17.1 Å². The Kier molecular flexibility index (Phi) is 3.65. The maximum atomic E-state index is 10.5. The molecule has 50 valence electrons. The molecule has 0 aliphatic rings. The van der Waals surface area contributed by atoms with E-state index < -0.39 is 10.0 Å². The van der Waals surface area contributed by atoms with Gasteiger partial charge in [-0.3, -0.25) is 0 Å². The lowest BCUT2D eigenvalue weighted by Gasteiger charge is -2.08. The Morgan fingerprint density at radius 3 is 1.75 bits per heavy atom. The third kappa shape index (κ3) is 2.68. The van der Waals surface area contributed by atoms with Crippen molar-refractivity contribution >= 4 is 20.7 Å². The lowest BCUT2D eigenvalue weighted by molar-refractivity contribution is 0.613. The Hall–Kier alpha value is 0.440. The molecule has 0 aromatic rings. The van der Waals surface area contributed by atoms with Crippen LogP contribution in [-0.4, -0.2) is 9.46 Å². The van der Waals surface area contributed by atoms with Crippen molar-refractivity contribution in [1.29, 1.82) is 0 Å². The van der Waals surface area contributed by atoms with Gasteiger partial charge in [0.05, 0.1) is 0 Å². The van der Waals surface area contributed by atoms with Gasteiger partial charge in [0.1, 0.15) is 10.0 Å². The van der Waals surface area contributed by atoms with Gasteiger partial charge in [-0.1, -0.05) is 13.8 Å². The lowest BCUT2D eigenvalue weighted by atomic mass is 10.2. The summed E-state index contributed by atoms with van der Waals surface area (Å²) in [5.41, 5.74) is 0. The van der Waals surface area contributed by atoms with Crippen LogP contribution < -0.4 is 0 Å². The maximum absolute atomic E-state index is 10.5. The van der Waals surface area contributed by atoms with Crippen molar-refractivity contribution in [1.82, 2.24) is 0 Å². The van der Waals surface area contributed by atoms with Gasteiger partial charge in [-0.25, -0.2) is 4.21 Å². The zero-order valence-corrected chi connectivity index (χ0v) is 6.92. The van der Waals surface area contributed by atoms with Crippen LogP contribution in [0.15, 0.2) is 0 Å². The zero-order chi connectivity index (χ0) is 6.73. The molecule has 0 aromatic heterocycles. The van der Waals surface area contributed by atoms with Crippen LogP contribution in [0.5, 0.6) is 0 Å². The van der Waals surface area contributed by atoms with E-state index in [0.717, 1.165) is 0 Å². The number of hydrogen-bond donors (Lipinski definition) is 0. The van der Waals surface area contributed by atoms with Crippen LogP contribution in [0.1, 0.15) is 20.8 Å². The molecule has 0 spiro atoms. The summed E-state index contributed by atoms with van der Waals surface area (Å²) in [6.45, 7) is 5.89. The Balaban J connectivity index is 3.64. The third-order valence-corrected chi connectivity index (χ3v) is 3.20. The predicted molar refractivity (Wildman–Crippen MR) is 38.3 cm³/mol. The highest BCUT2D eigenvalue weighted by Crippen LogP contribution is 2.10. The van der Waals surface area contributed by atoms with E-state index in [0.29, 0.717) is 5.92 Å². The minimum atomic E-state index is -1.17. The molecule has 0 aromatic carbocycles. The fourth-order valence-electron chi connectivity index (χ4n) is 0.214. The van der Waals surface area contributed by atoms with Crippen molar-refractivity contribution in [3.8, 4) is 0 Å². The molecule has 0 radical (unpaired) electrons. The molecule has 0 saturated heterocycles. The van der Waals surface area contributed by atoms with E-state index >= 15 is 0 Å². The Labute approximate surface area is 57.4 Å². The average Bonchev–Trinajstić information content (AvgIpc) is 1.64. The molecule has 1 nitrogen and oxygen atoms in total. The minimum absolute atomic E-state index is 0.108. The first-order chi connectivity index (χ1) is 3.55. The number of hydrogen-bond acceptors (Lipinski definition) is 1. The first-order valence-electron chi connectivity index (χ1n) is 2.62. The van der Waals surface area contributed by atoms with Gasteiger partial charge < -0.3 is 0 Å². The smallest absolute Gasteiger partial charge is 0.118 e. The average molecular weight is 155 g/mol. The molecule has 0 bridgehead atoms. The van der Waals surface area contributed by atoms with Crippen LogP contribution in [0, 0.1) is 5.92 Å². The van der Waals surface area contributed by atoms with Gasteiger partial charge in [-0.2, -0.15) is 0 Å². The Bertz CT molecular complexity index is 92.4. The molecule has 8 heavy (non-hydrogen) atoms. The molecule has 0 saturated carbocycles. The highest BCUT2D eigenvalue weighted by Gasteiger charge is 2.11. The second-order valence-electron chi connectivity index (χ2n) is 2.20. The molecule has 0 N–H and O–H groups in total. The van der Waals surface area contributed by atoms with Crippen LogP contribution in [0.3, 0.4) is 0 Å². The molecule has 0 aliphatic heterocycles. The normalized spacial score (nSPS) is 18.6. The molecule has 3 heteroatoms. The van der Waals surface area contributed by atoms with Gasteiger partial charge in [-0.15, -0.1) is 0 Å². The van der Waals surface area contributed by atoms with E-state index in [-0.39, 0.29) is 5.25 Å². The summed E-state index contributed by atoms with van der Waals surface area (Å²) in [4.78, 5) is 0. The third-order valence-electron chi connectivity index (χ3n) is 1.23. The van der Waals surface area contributed by atoms with Gasteiger partial charge in [0.15, 0.2) is 0 Å². The molecule has 0 fully saturated rings. The number of rotatable bonds is 2. The summed E-state index contributed by atoms with van der Waals surface area (Å²) in [6.07, 6.45) is 0. The summed E-state index contributed by atoms with van der Waals surface area (Å²) in [6, 6.07) is 0. The fraction of sp³-hybridized carbons (Fsp3) is 1.00. The molecule has 0 heterocycles. The first kappa shape index (κ1) is 8.44. The summed E-state index contributed by atoms with van der Waals surface area (Å²) in [5.74, 6) is 0.410. The fourth-order valence-corrected chi connectivity index (χ4v) is 1.26. The molecule has 0 amide bonds. The molecular formula is C5H11ClOS. The molecule has 0 aliphatic carbocycles. The van der Waals surface area contributed by atoms with Gasteiger partial charge in [0.25, 0.3) is 0 Å². The van der Waals surface area contributed by atoms with Crippen molar-refractivity contribution in [3.05, 3.63) is 0 Å². The predicted octanol–water partition coefficient (Wildman–Crippen LogP) is 1.93. The highest BCUT2D eigenvalue weighted by molar-refractivity contribution is 8.08. The summed E-state index contributed by atoms with van der Waals surface area (Å²) < 4.78 is 10.5. The van der Waals surface area contributed by atoms with Gasteiger partial charge in [0.2, 0.25) is 0 Å². The van der Waals surface area contributed by atoms with E-state index in [1.54, 1.807) is 0 Å². The molecule has 2 unspecified atom stereocenters. The highest BCUT2D eigenvalue weighted by atomic mass is 35.7. The van der Waals surface area contributed by atoms with Crippen molar-refractivity contribution in [2.75, 3.05) is 0 Å². The number of halogens is 1. The van der Waals surface area contributed by atoms with Gasteiger partial charge in [0, 0.05) is 5.25 Å². The minimum Gasteiger partial charge on any atom is -0.242 e. The van der Waals surface area contributed by atoms with Gasteiger partial charge in [-0.05, 0) is 23.5 Å². The van der Waals surface area contributed by atoms with E-state index in [4.69, 9.17) is 10.7 Å². The van der Waals surface area contributed by atoms with E-state index in [9.17, 15) is 4.21 Å². The van der Waals surface area contributed by atoms with Crippen molar-refractivity contribution < 1.29 is 4.21 Å². The summed E-state index contributed by atoms with van der Waals surface area (Å²) >= 11 is 0. The SMILES string of the molecule is CC(C)C(C)S(=O)Cl. The molecule has 2 atom stereocenters. The zero-order valence-electron chi connectivity index (χ0n) is 5.35. The van der Waals surface area contributed by atoms with Crippen molar-refractivity contribution in [2.24, 2.45) is 5.92 Å². The second kappa shape index (κ2) is 3.46. The summed E-state index contributed by atoms with van der Waals surface area (Å²) in [7, 11) is 4.13. The van der Waals surface area contributed by atoms with Crippen LogP contribution in [0.4, 0.5) is 0 Å². The van der Waals surface area contributed by atoms with Gasteiger partial charge >= 0.3 is 0 Å². The van der Waals surface area contributed by atoms with Crippen LogP contribution in [0.25, 0.3) is 0 Å².